The summed E-state index contributed by atoms with van der Waals surface area (Å²) in [6.45, 7) is 2.38. The molecular weight excluding hydrogens is 341 g/mol. The predicted molar refractivity (Wildman–Crippen MR) is 79.0 cm³/mol. The van der Waals surface area contributed by atoms with E-state index in [0.29, 0.717) is 6.61 Å². The molecule has 0 aliphatic carbocycles. The van der Waals surface area contributed by atoms with E-state index >= 15 is 0 Å². The minimum atomic E-state index is 0.443. The monoisotopic (exact) mass is 355 g/mol. The normalized spacial score (nSPS) is 10.2. The van der Waals surface area contributed by atoms with Crippen molar-refractivity contribution in [2.75, 3.05) is 7.11 Å². The van der Waals surface area contributed by atoms with Crippen molar-refractivity contribution in [3.8, 4) is 11.5 Å². The lowest BCUT2D eigenvalue weighted by molar-refractivity contribution is 0.299. The summed E-state index contributed by atoms with van der Waals surface area (Å²) in [6.07, 6.45) is 0. The molecule has 0 fully saturated rings. The number of hydrogen-bond donors (Lipinski definition) is 0. The van der Waals surface area contributed by atoms with Gasteiger partial charge in [-0.3, -0.25) is 4.98 Å². The van der Waals surface area contributed by atoms with Crippen LogP contribution in [-0.4, -0.2) is 12.1 Å². The Labute approximate surface area is 120 Å². The number of halogens is 1. The molecule has 0 spiro atoms. The number of methoxy groups -OCH3 is 1. The summed E-state index contributed by atoms with van der Waals surface area (Å²) in [6, 6.07) is 11.7. The highest BCUT2D eigenvalue weighted by atomic mass is 127. The van der Waals surface area contributed by atoms with E-state index in [2.05, 4.69) is 27.6 Å². The zero-order valence-corrected chi connectivity index (χ0v) is 12.5. The Kier molecular flexibility index (Phi) is 4.41. The molecule has 3 nitrogen and oxygen atoms in total. The summed E-state index contributed by atoms with van der Waals surface area (Å²) in [5.74, 6) is 1.66. The third-order valence-corrected chi connectivity index (χ3v) is 3.07. The highest BCUT2D eigenvalue weighted by Crippen LogP contribution is 2.18. The second-order valence-electron chi connectivity index (χ2n) is 3.89. The summed E-state index contributed by atoms with van der Waals surface area (Å²) >= 11 is 2.26. The van der Waals surface area contributed by atoms with Gasteiger partial charge in [0.05, 0.1) is 12.8 Å². The molecule has 4 heteroatoms. The Hall–Kier alpha value is -1.30. The van der Waals surface area contributed by atoms with E-state index in [0.717, 1.165) is 26.5 Å². The molecule has 2 rings (SSSR count). The molecule has 0 radical (unpaired) electrons. The van der Waals surface area contributed by atoms with Gasteiger partial charge in [-0.15, -0.1) is 0 Å². The molecule has 0 bridgehead atoms. The number of ether oxygens (including phenoxy) is 2. The lowest BCUT2D eigenvalue weighted by Gasteiger charge is -2.08. The van der Waals surface area contributed by atoms with Crippen LogP contribution in [0.5, 0.6) is 11.5 Å². The second kappa shape index (κ2) is 6.04. The second-order valence-corrected chi connectivity index (χ2v) is 5.13. The first-order valence-corrected chi connectivity index (χ1v) is 6.65. The highest BCUT2D eigenvalue weighted by molar-refractivity contribution is 14.1. The Morgan fingerprint density at radius 2 is 2.00 bits per heavy atom. The van der Waals surface area contributed by atoms with Gasteiger partial charge in [-0.25, -0.2) is 0 Å². The first-order valence-electron chi connectivity index (χ1n) is 5.57. The SMILES string of the molecule is COc1cc(C)nc(COc2cccc(I)c2)c1. The third kappa shape index (κ3) is 3.60. The van der Waals surface area contributed by atoms with Gasteiger partial charge in [0, 0.05) is 21.4 Å². The van der Waals surface area contributed by atoms with E-state index in [4.69, 9.17) is 9.47 Å². The average Bonchev–Trinajstić information content (AvgIpc) is 2.36. The molecule has 2 aromatic rings. The van der Waals surface area contributed by atoms with E-state index in [-0.39, 0.29) is 0 Å². The zero-order valence-electron chi connectivity index (χ0n) is 10.3. The van der Waals surface area contributed by atoms with Crippen LogP contribution in [0.15, 0.2) is 36.4 Å². The molecule has 0 saturated carbocycles. The Morgan fingerprint density at radius 3 is 2.72 bits per heavy atom. The van der Waals surface area contributed by atoms with Crippen molar-refractivity contribution in [1.29, 1.82) is 0 Å². The molecular formula is C14H14INO2. The summed E-state index contributed by atoms with van der Waals surface area (Å²) < 4.78 is 12.1. The van der Waals surface area contributed by atoms with Crippen LogP contribution in [0.4, 0.5) is 0 Å². The van der Waals surface area contributed by atoms with Crippen molar-refractivity contribution < 1.29 is 9.47 Å². The maximum absolute atomic E-state index is 5.70. The van der Waals surface area contributed by atoms with E-state index in [1.165, 1.54) is 0 Å². The van der Waals surface area contributed by atoms with Gasteiger partial charge in [-0.05, 0) is 47.7 Å². The Morgan fingerprint density at radius 1 is 1.17 bits per heavy atom. The van der Waals surface area contributed by atoms with Gasteiger partial charge in [0.25, 0.3) is 0 Å². The largest absolute Gasteiger partial charge is 0.497 e. The van der Waals surface area contributed by atoms with Crippen LogP contribution in [0.3, 0.4) is 0 Å². The van der Waals surface area contributed by atoms with Gasteiger partial charge in [-0.1, -0.05) is 6.07 Å². The molecule has 0 saturated heterocycles. The van der Waals surface area contributed by atoms with Crippen LogP contribution in [0.1, 0.15) is 11.4 Å². The maximum atomic E-state index is 5.70. The van der Waals surface area contributed by atoms with Crippen molar-refractivity contribution in [2.45, 2.75) is 13.5 Å². The highest BCUT2D eigenvalue weighted by Gasteiger charge is 2.02. The van der Waals surface area contributed by atoms with E-state index < -0.39 is 0 Å². The quantitative estimate of drug-likeness (QED) is 0.786. The summed E-state index contributed by atoms with van der Waals surface area (Å²) in [5.41, 5.74) is 1.79. The first-order chi connectivity index (χ1) is 8.67. The van der Waals surface area contributed by atoms with Crippen molar-refractivity contribution in [3.63, 3.8) is 0 Å². The molecule has 0 N–H and O–H groups in total. The minimum Gasteiger partial charge on any atom is -0.497 e. The number of nitrogens with zero attached hydrogens (tertiary/aromatic N) is 1. The molecule has 0 unspecified atom stereocenters. The average molecular weight is 355 g/mol. The molecule has 1 heterocycles. The number of aryl methyl sites for hydroxylation is 1. The zero-order chi connectivity index (χ0) is 13.0. The topological polar surface area (TPSA) is 31.4 Å². The molecule has 1 aromatic heterocycles. The van der Waals surface area contributed by atoms with Crippen LogP contribution in [-0.2, 0) is 6.61 Å². The number of benzene rings is 1. The van der Waals surface area contributed by atoms with Crippen LogP contribution in [0.25, 0.3) is 0 Å². The van der Waals surface area contributed by atoms with Crippen molar-refractivity contribution in [1.82, 2.24) is 4.98 Å². The van der Waals surface area contributed by atoms with Gasteiger partial charge < -0.3 is 9.47 Å². The van der Waals surface area contributed by atoms with Crippen LogP contribution in [0.2, 0.25) is 0 Å². The lowest BCUT2D eigenvalue weighted by atomic mass is 10.3. The molecule has 0 amide bonds. The van der Waals surface area contributed by atoms with Gasteiger partial charge in [0.15, 0.2) is 0 Å². The number of hydrogen-bond acceptors (Lipinski definition) is 3. The smallest absolute Gasteiger partial charge is 0.130 e. The lowest BCUT2D eigenvalue weighted by Crippen LogP contribution is -2.00. The van der Waals surface area contributed by atoms with Gasteiger partial charge in [-0.2, -0.15) is 0 Å². The van der Waals surface area contributed by atoms with Crippen molar-refractivity contribution >= 4 is 22.6 Å². The first kappa shape index (κ1) is 13.1. The fourth-order valence-electron chi connectivity index (χ4n) is 1.61. The minimum absolute atomic E-state index is 0.443. The van der Waals surface area contributed by atoms with Crippen molar-refractivity contribution in [3.05, 3.63) is 51.4 Å². The van der Waals surface area contributed by atoms with Gasteiger partial charge in [0.2, 0.25) is 0 Å². The number of rotatable bonds is 4. The number of aromatic nitrogens is 1. The predicted octanol–water partition coefficient (Wildman–Crippen LogP) is 3.58. The van der Waals surface area contributed by atoms with E-state index in [9.17, 15) is 0 Å². The third-order valence-electron chi connectivity index (χ3n) is 2.40. The molecule has 0 atom stereocenters. The number of pyridine rings is 1. The Balaban J connectivity index is 2.08. The molecule has 1 aromatic carbocycles. The molecule has 0 aliphatic rings. The van der Waals surface area contributed by atoms with E-state index in [1.807, 2.05) is 43.3 Å². The van der Waals surface area contributed by atoms with Crippen LogP contribution >= 0.6 is 22.6 Å². The van der Waals surface area contributed by atoms with Gasteiger partial charge in [0.1, 0.15) is 18.1 Å². The summed E-state index contributed by atoms with van der Waals surface area (Å²) in [4.78, 5) is 4.41. The fraction of sp³-hybridized carbons (Fsp3) is 0.214. The standard InChI is InChI=1S/C14H14INO2/c1-10-6-14(17-2)8-12(16-10)9-18-13-5-3-4-11(15)7-13/h3-8H,9H2,1-2H3. The van der Waals surface area contributed by atoms with Crippen LogP contribution < -0.4 is 9.47 Å². The fourth-order valence-corrected chi connectivity index (χ4v) is 2.12. The Bertz CT molecular complexity index is 543. The molecule has 0 aliphatic heterocycles. The summed E-state index contributed by atoms with van der Waals surface area (Å²) in [7, 11) is 1.65. The van der Waals surface area contributed by atoms with Gasteiger partial charge >= 0.3 is 0 Å². The molecule has 94 valence electrons. The maximum Gasteiger partial charge on any atom is 0.130 e. The van der Waals surface area contributed by atoms with Crippen molar-refractivity contribution in [2.24, 2.45) is 0 Å². The molecule has 18 heavy (non-hydrogen) atoms. The summed E-state index contributed by atoms with van der Waals surface area (Å²) in [5, 5.41) is 0. The van der Waals surface area contributed by atoms with E-state index in [1.54, 1.807) is 7.11 Å². The van der Waals surface area contributed by atoms with Crippen LogP contribution in [0, 0.1) is 10.5 Å².